The van der Waals surface area contributed by atoms with Crippen LogP contribution in [0.15, 0.2) is 66.7 Å². The molecule has 0 saturated heterocycles. The molecule has 4 heteroatoms. The minimum Gasteiger partial charge on any atom is -0.493 e. The smallest absolute Gasteiger partial charge is 0.194 e. The number of methoxy groups -OCH3 is 1. The maximum atomic E-state index is 6.81. The fourth-order valence-corrected chi connectivity index (χ4v) is 6.04. The first-order valence-electron chi connectivity index (χ1n) is 11.8. The maximum Gasteiger partial charge on any atom is 0.194 e. The molecule has 0 aromatic heterocycles. The van der Waals surface area contributed by atoms with Gasteiger partial charge in [-0.2, -0.15) is 0 Å². The second-order valence-corrected chi connectivity index (χ2v) is 9.63. The molecule has 1 fully saturated rings. The van der Waals surface area contributed by atoms with E-state index in [1.807, 2.05) is 30.3 Å². The predicted octanol–water partition coefficient (Wildman–Crippen LogP) is 6.43. The zero-order valence-corrected chi connectivity index (χ0v) is 20.2. The highest BCUT2D eigenvalue weighted by atomic mass is 35.5. The van der Waals surface area contributed by atoms with Gasteiger partial charge in [-0.3, -0.25) is 0 Å². The summed E-state index contributed by atoms with van der Waals surface area (Å²) in [5.74, 6) is 1.59. The Labute approximate surface area is 201 Å². The van der Waals surface area contributed by atoms with E-state index in [2.05, 4.69) is 48.0 Å². The van der Waals surface area contributed by atoms with E-state index >= 15 is 0 Å². The number of fused-ring (bicyclic) bond motifs is 1. The summed E-state index contributed by atoms with van der Waals surface area (Å²) >= 11 is 6.81. The number of ether oxygens (including phenoxy) is 2. The van der Waals surface area contributed by atoms with Crippen molar-refractivity contribution < 1.29 is 14.0 Å². The summed E-state index contributed by atoms with van der Waals surface area (Å²) < 4.78 is 14.5. The molecule has 0 amide bonds. The number of rotatable bonds is 6. The lowest BCUT2D eigenvalue weighted by molar-refractivity contribution is -0.500. The minimum absolute atomic E-state index is 0.0758. The van der Waals surface area contributed by atoms with E-state index in [4.69, 9.17) is 21.1 Å². The number of halogens is 1. The Morgan fingerprint density at radius 3 is 2.39 bits per heavy atom. The molecule has 3 nitrogen and oxygen atoms in total. The van der Waals surface area contributed by atoms with Crippen LogP contribution in [0.25, 0.3) is 0 Å². The van der Waals surface area contributed by atoms with Gasteiger partial charge in [0.2, 0.25) is 0 Å². The molecule has 33 heavy (non-hydrogen) atoms. The highest BCUT2D eigenvalue weighted by Crippen LogP contribution is 2.48. The molecule has 0 spiro atoms. The fourth-order valence-electron chi connectivity index (χ4n) is 5.73. The first-order chi connectivity index (χ1) is 16.1. The van der Waals surface area contributed by atoms with E-state index in [1.54, 1.807) is 7.11 Å². The van der Waals surface area contributed by atoms with E-state index in [0.717, 1.165) is 47.9 Å². The molecule has 1 aliphatic carbocycles. The Morgan fingerprint density at radius 1 is 0.939 bits per heavy atom. The second-order valence-electron chi connectivity index (χ2n) is 9.22. The monoisotopic (exact) mass is 460 g/mol. The molecule has 0 radical (unpaired) electrons. The van der Waals surface area contributed by atoms with Crippen molar-refractivity contribution in [1.29, 1.82) is 0 Å². The summed E-state index contributed by atoms with van der Waals surface area (Å²) in [6.45, 7) is 1.50. The summed E-state index contributed by atoms with van der Waals surface area (Å²) in [4.78, 5) is 0. The van der Waals surface area contributed by atoms with Crippen molar-refractivity contribution in [3.63, 3.8) is 0 Å². The van der Waals surface area contributed by atoms with Crippen LogP contribution < -0.4 is 9.47 Å². The lowest BCUT2D eigenvalue weighted by Gasteiger charge is -2.33. The number of benzene rings is 3. The standard InChI is InChI=1S/C29H31ClNO2/c1-31-17-14-22-18-26(32-2)27(33-20-21-10-4-3-5-11-21)19-23(22)28(31)29(15-8-9-16-29)24-12-6-7-13-25(24)30/h3-7,10-13,18-19H,8-9,14-17,20H2,1-2H3/q+1. The van der Waals surface area contributed by atoms with Crippen LogP contribution in [0.4, 0.5) is 0 Å². The largest absolute Gasteiger partial charge is 0.493 e. The molecule has 1 heterocycles. The van der Waals surface area contributed by atoms with Crippen LogP contribution in [-0.2, 0) is 18.4 Å². The number of hydrogen-bond donors (Lipinski definition) is 0. The lowest BCUT2D eigenvalue weighted by atomic mass is 9.70. The van der Waals surface area contributed by atoms with Gasteiger partial charge < -0.3 is 9.47 Å². The number of nitrogens with zero attached hydrogens (tertiary/aromatic N) is 1. The molecule has 3 aromatic carbocycles. The molecule has 1 aliphatic heterocycles. The maximum absolute atomic E-state index is 6.81. The van der Waals surface area contributed by atoms with Crippen LogP contribution in [0.2, 0.25) is 5.02 Å². The van der Waals surface area contributed by atoms with Crippen molar-refractivity contribution in [3.8, 4) is 11.5 Å². The molecule has 3 aromatic rings. The highest BCUT2D eigenvalue weighted by Gasteiger charge is 2.48. The Hall–Kier alpha value is -2.78. The molecule has 170 valence electrons. The number of likely N-dealkylation sites (N-methyl/N-ethyl adjacent to an activating group) is 1. The SMILES string of the molecule is COc1cc2c(cc1OCc1ccccc1)C(C1(c3ccccc3Cl)CCCC1)=[N+](C)CC2. The van der Waals surface area contributed by atoms with Crippen LogP contribution in [0.3, 0.4) is 0 Å². The summed E-state index contributed by atoms with van der Waals surface area (Å²) in [5, 5.41) is 0.862. The Bertz CT molecular complexity index is 1180. The topological polar surface area (TPSA) is 21.5 Å². The summed E-state index contributed by atoms with van der Waals surface area (Å²) in [7, 11) is 3.95. The quantitative estimate of drug-likeness (QED) is 0.395. The molecular weight excluding hydrogens is 430 g/mol. The van der Waals surface area contributed by atoms with Crippen molar-refractivity contribution >= 4 is 17.3 Å². The van der Waals surface area contributed by atoms with Crippen molar-refractivity contribution in [1.82, 2.24) is 0 Å². The summed E-state index contributed by atoms with van der Waals surface area (Å²) in [5.41, 5.74) is 6.29. The molecule has 2 aliphatic rings. The lowest BCUT2D eigenvalue weighted by Crippen LogP contribution is -2.43. The molecular formula is C29H31ClNO2+. The van der Waals surface area contributed by atoms with Gasteiger partial charge in [-0.15, -0.1) is 0 Å². The third-order valence-corrected chi connectivity index (χ3v) is 7.61. The van der Waals surface area contributed by atoms with Gasteiger partial charge in [0.15, 0.2) is 17.2 Å². The van der Waals surface area contributed by atoms with E-state index < -0.39 is 0 Å². The van der Waals surface area contributed by atoms with Crippen molar-refractivity contribution in [2.24, 2.45) is 0 Å². The molecule has 0 atom stereocenters. The van der Waals surface area contributed by atoms with E-state index in [0.29, 0.717) is 6.61 Å². The van der Waals surface area contributed by atoms with Gasteiger partial charge in [0.05, 0.1) is 12.5 Å². The van der Waals surface area contributed by atoms with Crippen molar-refractivity contribution in [3.05, 3.63) is 94.0 Å². The van der Waals surface area contributed by atoms with Gasteiger partial charge in [-0.05, 0) is 47.7 Å². The number of hydrogen-bond acceptors (Lipinski definition) is 2. The molecule has 0 bridgehead atoms. The average Bonchev–Trinajstić information content (AvgIpc) is 3.33. The van der Waals surface area contributed by atoms with Crippen molar-refractivity contribution in [2.75, 3.05) is 20.7 Å². The second kappa shape index (κ2) is 9.23. The minimum atomic E-state index is -0.0758. The van der Waals surface area contributed by atoms with Gasteiger partial charge in [-0.1, -0.05) is 73.0 Å². The zero-order valence-electron chi connectivity index (χ0n) is 19.4. The Balaban J connectivity index is 1.61. The zero-order chi connectivity index (χ0) is 22.8. The predicted molar refractivity (Wildman–Crippen MR) is 134 cm³/mol. The van der Waals surface area contributed by atoms with Crippen LogP contribution in [0.5, 0.6) is 11.5 Å². The van der Waals surface area contributed by atoms with Crippen LogP contribution in [0, 0.1) is 0 Å². The van der Waals surface area contributed by atoms with Crippen LogP contribution >= 0.6 is 11.6 Å². The first-order valence-corrected chi connectivity index (χ1v) is 12.2. The molecule has 0 N–H and O–H groups in total. The summed E-state index contributed by atoms with van der Waals surface area (Å²) in [6, 6.07) is 23.1. The molecule has 5 rings (SSSR count). The highest BCUT2D eigenvalue weighted by molar-refractivity contribution is 6.32. The molecule has 1 saturated carbocycles. The van der Waals surface area contributed by atoms with E-state index in [-0.39, 0.29) is 5.41 Å². The van der Waals surface area contributed by atoms with Crippen molar-refractivity contribution in [2.45, 2.75) is 44.1 Å². The van der Waals surface area contributed by atoms with E-state index in [1.165, 1.54) is 35.2 Å². The Morgan fingerprint density at radius 2 is 1.67 bits per heavy atom. The fraction of sp³-hybridized carbons (Fsp3) is 0.345. The third kappa shape index (κ3) is 4.04. The normalized spacial score (nSPS) is 17.1. The van der Waals surface area contributed by atoms with Crippen LogP contribution in [0.1, 0.15) is 47.9 Å². The van der Waals surface area contributed by atoms with Gasteiger partial charge in [0, 0.05) is 17.0 Å². The molecule has 0 unspecified atom stereocenters. The van der Waals surface area contributed by atoms with Crippen LogP contribution in [-0.4, -0.2) is 31.0 Å². The third-order valence-electron chi connectivity index (χ3n) is 7.28. The van der Waals surface area contributed by atoms with Gasteiger partial charge in [-0.25, -0.2) is 4.58 Å². The van der Waals surface area contributed by atoms with Gasteiger partial charge >= 0.3 is 0 Å². The Kier molecular flexibility index (Phi) is 6.16. The average molecular weight is 461 g/mol. The van der Waals surface area contributed by atoms with E-state index in [9.17, 15) is 0 Å². The van der Waals surface area contributed by atoms with Gasteiger partial charge in [0.25, 0.3) is 0 Å². The van der Waals surface area contributed by atoms with Gasteiger partial charge in [0.1, 0.15) is 20.2 Å². The summed E-state index contributed by atoms with van der Waals surface area (Å²) in [6.07, 6.45) is 5.64. The first kappa shape index (κ1) is 22.0.